The molecule has 0 spiro atoms. The van der Waals surface area contributed by atoms with E-state index in [0.29, 0.717) is 17.4 Å². The summed E-state index contributed by atoms with van der Waals surface area (Å²) >= 11 is 6.52. The van der Waals surface area contributed by atoms with Gasteiger partial charge in [-0.15, -0.1) is 0 Å². The predicted octanol–water partition coefficient (Wildman–Crippen LogP) is 4.81. The van der Waals surface area contributed by atoms with E-state index in [1.807, 2.05) is 18.2 Å². The molecule has 31 heavy (non-hydrogen) atoms. The Bertz CT molecular complexity index is 1120. The van der Waals surface area contributed by atoms with E-state index in [2.05, 4.69) is 28.9 Å². The van der Waals surface area contributed by atoms with Crippen molar-refractivity contribution in [3.05, 3.63) is 46.7 Å². The van der Waals surface area contributed by atoms with Crippen LogP contribution in [-0.2, 0) is 0 Å². The Labute approximate surface area is 187 Å². The van der Waals surface area contributed by atoms with Crippen molar-refractivity contribution in [2.45, 2.75) is 25.7 Å². The van der Waals surface area contributed by atoms with Crippen molar-refractivity contribution in [2.75, 3.05) is 50.2 Å². The van der Waals surface area contributed by atoms with E-state index in [-0.39, 0.29) is 0 Å². The molecular weight excluding hydrogens is 412 g/mol. The number of nitrogens with zero attached hydrogens (tertiary/aromatic N) is 4. The lowest BCUT2D eigenvalue weighted by atomic mass is 10.1. The number of fused-ring (bicyclic) bond motifs is 1. The van der Waals surface area contributed by atoms with E-state index in [4.69, 9.17) is 31.0 Å². The maximum Gasteiger partial charge on any atom is 0.162 e. The highest BCUT2D eigenvalue weighted by atomic mass is 35.5. The molecule has 0 radical (unpaired) electrons. The maximum atomic E-state index is 6.52. The minimum absolute atomic E-state index is 0.476. The Morgan fingerprint density at radius 1 is 0.903 bits per heavy atom. The van der Waals surface area contributed by atoms with E-state index in [1.165, 1.54) is 5.56 Å². The number of aromatic nitrogens is 2. The monoisotopic (exact) mass is 438 g/mol. The van der Waals surface area contributed by atoms with Crippen molar-refractivity contribution in [1.29, 1.82) is 0 Å². The summed E-state index contributed by atoms with van der Waals surface area (Å²) in [6, 6.07) is 10.2. The minimum atomic E-state index is 0.476. The molecular formula is C24H27ClN4O2. The van der Waals surface area contributed by atoms with Gasteiger partial charge in [-0.2, -0.15) is 0 Å². The van der Waals surface area contributed by atoms with Crippen LogP contribution in [0.4, 0.5) is 11.5 Å². The first-order chi connectivity index (χ1) is 15.1. The second-order valence-electron chi connectivity index (χ2n) is 8.33. The summed E-state index contributed by atoms with van der Waals surface area (Å²) in [6.07, 6.45) is 2.33. The SMILES string of the molecule is COc1cc2nc(C3CC3)nc(N3CCN(c4ccc(C)cc4Cl)CC3)c2cc1OC. The van der Waals surface area contributed by atoms with Crippen LogP contribution in [0.5, 0.6) is 11.5 Å². The van der Waals surface area contributed by atoms with Gasteiger partial charge < -0.3 is 19.3 Å². The van der Waals surface area contributed by atoms with E-state index in [9.17, 15) is 0 Å². The molecule has 2 fully saturated rings. The number of halogens is 1. The van der Waals surface area contributed by atoms with Crippen LogP contribution in [0.15, 0.2) is 30.3 Å². The first kappa shape index (κ1) is 20.2. The molecule has 1 aromatic heterocycles. The molecule has 0 bridgehead atoms. The highest BCUT2D eigenvalue weighted by molar-refractivity contribution is 6.33. The quantitative estimate of drug-likeness (QED) is 0.569. The van der Waals surface area contributed by atoms with Gasteiger partial charge >= 0.3 is 0 Å². The van der Waals surface area contributed by atoms with Gasteiger partial charge in [0.2, 0.25) is 0 Å². The number of rotatable bonds is 5. The van der Waals surface area contributed by atoms with Crippen LogP contribution in [0.25, 0.3) is 10.9 Å². The third-order valence-corrected chi connectivity index (χ3v) is 6.47. The Hall–Kier alpha value is -2.73. The zero-order valence-electron chi connectivity index (χ0n) is 18.2. The Morgan fingerprint density at radius 3 is 2.23 bits per heavy atom. The Balaban J connectivity index is 1.48. The zero-order chi connectivity index (χ0) is 21.5. The predicted molar refractivity (Wildman–Crippen MR) is 125 cm³/mol. The van der Waals surface area contributed by atoms with Gasteiger partial charge in [0.1, 0.15) is 11.6 Å². The molecule has 2 aromatic carbocycles. The van der Waals surface area contributed by atoms with Crippen molar-refractivity contribution < 1.29 is 9.47 Å². The highest BCUT2D eigenvalue weighted by Crippen LogP contribution is 2.42. The molecule has 6 nitrogen and oxygen atoms in total. The summed E-state index contributed by atoms with van der Waals surface area (Å²) in [6.45, 7) is 5.58. The summed E-state index contributed by atoms with van der Waals surface area (Å²) in [4.78, 5) is 14.6. The molecule has 5 rings (SSSR count). The van der Waals surface area contributed by atoms with Crippen LogP contribution >= 0.6 is 11.6 Å². The summed E-state index contributed by atoms with van der Waals surface area (Å²) in [5.74, 6) is 3.80. The smallest absolute Gasteiger partial charge is 0.162 e. The molecule has 2 heterocycles. The number of anilines is 2. The standard InChI is InChI=1S/C24H27ClN4O2/c1-15-4-7-20(18(25)12-15)28-8-10-29(11-9-28)24-17-13-21(30-2)22(31-3)14-19(17)26-23(27-24)16-5-6-16/h4,7,12-14,16H,5-6,8-11H2,1-3H3. The van der Waals surface area contributed by atoms with E-state index < -0.39 is 0 Å². The van der Waals surface area contributed by atoms with Gasteiger partial charge in [-0.3, -0.25) is 0 Å². The fourth-order valence-electron chi connectivity index (χ4n) is 4.25. The van der Waals surface area contributed by atoms with Crippen LogP contribution in [0, 0.1) is 6.92 Å². The Morgan fingerprint density at radius 2 is 1.58 bits per heavy atom. The van der Waals surface area contributed by atoms with Crippen molar-refractivity contribution in [3.63, 3.8) is 0 Å². The van der Waals surface area contributed by atoms with Gasteiger partial charge in [-0.25, -0.2) is 9.97 Å². The second-order valence-corrected chi connectivity index (χ2v) is 8.74. The molecule has 162 valence electrons. The lowest BCUT2D eigenvalue weighted by Crippen LogP contribution is -2.47. The van der Waals surface area contributed by atoms with Gasteiger partial charge in [0.05, 0.1) is 30.4 Å². The van der Waals surface area contributed by atoms with Crippen LogP contribution < -0.4 is 19.3 Å². The molecule has 1 aliphatic heterocycles. The molecule has 0 N–H and O–H groups in total. The first-order valence-electron chi connectivity index (χ1n) is 10.8. The van der Waals surface area contributed by atoms with Gasteiger partial charge in [0.25, 0.3) is 0 Å². The molecule has 3 aromatic rings. The topological polar surface area (TPSA) is 50.7 Å². The molecule has 1 aliphatic carbocycles. The lowest BCUT2D eigenvalue weighted by Gasteiger charge is -2.37. The number of piperazine rings is 1. The zero-order valence-corrected chi connectivity index (χ0v) is 18.9. The van der Waals surface area contributed by atoms with Crippen LogP contribution in [0.1, 0.15) is 30.1 Å². The van der Waals surface area contributed by atoms with Crippen LogP contribution in [-0.4, -0.2) is 50.4 Å². The first-order valence-corrected chi connectivity index (χ1v) is 11.1. The summed E-state index contributed by atoms with van der Waals surface area (Å²) < 4.78 is 11.1. The largest absolute Gasteiger partial charge is 0.493 e. The summed E-state index contributed by atoms with van der Waals surface area (Å²) in [5, 5.41) is 1.82. The molecule has 7 heteroatoms. The third kappa shape index (κ3) is 3.85. The number of methoxy groups -OCH3 is 2. The second kappa shape index (κ2) is 8.08. The molecule has 2 aliphatic rings. The van der Waals surface area contributed by atoms with Gasteiger partial charge in [-0.1, -0.05) is 17.7 Å². The molecule has 1 saturated heterocycles. The van der Waals surface area contributed by atoms with Crippen molar-refractivity contribution in [1.82, 2.24) is 9.97 Å². The highest BCUT2D eigenvalue weighted by Gasteiger charge is 2.30. The average molecular weight is 439 g/mol. The number of aryl methyl sites for hydroxylation is 1. The molecule has 1 saturated carbocycles. The summed E-state index contributed by atoms with van der Waals surface area (Å²) in [5.41, 5.74) is 3.19. The molecule has 0 unspecified atom stereocenters. The van der Waals surface area contributed by atoms with E-state index in [1.54, 1.807) is 14.2 Å². The van der Waals surface area contributed by atoms with Gasteiger partial charge in [-0.05, 0) is 43.5 Å². The average Bonchev–Trinajstić information content (AvgIpc) is 3.63. The normalized spacial score (nSPS) is 16.6. The van der Waals surface area contributed by atoms with E-state index in [0.717, 1.165) is 72.3 Å². The van der Waals surface area contributed by atoms with Crippen molar-refractivity contribution in [2.24, 2.45) is 0 Å². The van der Waals surface area contributed by atoms with Crippen molar-refractivity contribution >= 4 is 34.0 Å². The number of benzene rings is 2. The summed E-state index contributed by atoms with van der Waals surface area (Å²) in [7, 11) is 3.32. The number of hydrogen-bond donors (Lipinski definition) is 0. The molecule has 0 atom stereocenters. The van der Waals surface area contributed by atoms with Crippen LogP contribution in [0.2, 0.25) is 5.02 Å². The van der Waals surface area contributed by atoms with Crippen LogP contribution in [0.3, 0.4) is 0 Å². The van der Waals surface area contributed by atoms with Gasteiger partial charge in [0.15, 0.2) is 11.5 Å². The maximum absolute atomic E-state index is 6.52. The van der Waals surface area contributed by atoms with Crippen molar-refractivity contribution in [3.8, 4) is 11.5 Å². The fraction of sp³-hybridized carbons (Fsp3) is 0.417. The van der Waals surface area contributed by atoms with E-state index >= 15 is 0 Å². The Kier molecular flexibility index (Phi) is 5.26. The fourth-order valence-corrected chi connectivity index (χ4v) is 4.60. The lowest BCUT2D eigenvalue weighted by molar-refractivity contribution is 0.355. The molecule has 0 amide bonds. The van der Waals surface area contributed by atoms with Gasteiger partial charge in [0, 0.05) is 43.5 Å². The minimum Gasteiger partial charge on any atom is -0.493 e. The number of hydrogen-bond acceptors (Lipinski definition) is 6. The number of ether oxygens (including phenoxy) is 2. The third-order valence-electron chi connectivity index (χ3n) is 6.16.